The molecule has 2 aliphatic heterocycles. The molecule has 1 aromatic carbocycles. The Kier molecular flexibility index (Phi) is 6.04. The van der Waals surface area contributed by atoms with E-state index in [0.717, 1.165) is 38.0 Å². The molecule has 2 aromatic rings. The molecule has 0 aliphatic carbocycles. The second-order valence-corrected chi connectivity index (χ2v) is 8.87. The van der Waals surface area contributed by atoms with E-state index in [-0.39, 0.29) is 5.91 Å². The van der Waals surface area contributed by atoms with Gasteiger partial charge in [0.2, 0.25) is 5.91 Å². The summed E-state index contributed by atoms with van der Waals surface area (Å²) in [6.45, 7) is 5.91. The molecule has 0 bridgehead atoms. The molecular formula is C24H34N4O. The van der Waals surface area contributed by atoms with Crippen molar-refractivity contribution in [2.75, 3.05) is 6.54 Å². The molecule has 4 rings (SSSR count). The second-order valence-electron chi connectivity index (χ2n) is 8.87. The van der Waals surface area contributed by atoms with Crippen LogP contribution in [0, 0.1) is 6.92 Å². The zero-order chi connectivity index (χ0) is 20.4. The molecule has 3 heterocycles. The minimum absolute atomic E-state index is 0.233. The molecule has 1 aromatic heterocycles. The Morgan fingerprint density at radius 2 is 1.93 bits per heavy atom. The number of benzene rings is 1. The Morgan fingerprint density at radius 1 is 1.14 bits per heavy atom. The number of carbonyl (C=O) groups excluding carboxylic acids is 1. The van der Waals surface area contributed by atoms with Gasteiger partial charge in [0.25, 0.3) is 0 Å². The number of amides is 1. The molecule has 0 spiro atoms. The van der Waals surface area contributed by atoms with Crippen LogP contribution in [0.4, 0.5) is 0 Å². The summed E-state index contributed by atoms with van der Waals surface area (Å²) in [4.78, 5) is 17.6. The van der Waals surface area contributed by atoms with Crippen molar-refractivity contribution in [3.05, 3.63) is 53.3 Å². The normalized spacial score (nSPS) is 25.5. The first kappa shape index (κ1) is 20.1. The molecule has 1 amide bonds. The summed E-state index contributed by atoms with van der Waals surface area (Å²) < 4.78 is 1.92. The summed E-state index contributed by atoms with van der Waals surface area (Å²) in [6.07, 6.45) is 9.02. The molecule has 3 atom stereocenters. The van der Waals surface area contributed by atoms with Crippen LogP contribution in [0.5, 0.6) is 0 Å². The largest absolute Gasteiger partial charge is 0.335 e. The molecule has 2 saturated heterocycles. The molecule has 0 radical (unpaired) electrons. The summed E-state index contributed by atoms with van der Waals surface area (Å²) in [5.74, 6) is 0.233. The number of hydrogen-bond donors (Lipinski definition) is 0. The lowest BCUT2D eigenvalue weighted by atomic mass is 9.95. The van der Waals surface area contributed by atoms with Crippen LogP contribution in [0.3, 0.4) is 0 Å². The molecule has 5 nitrogen and oxygen atoms in total. The van der Waals surface area contributed by atoms with Crippen molar-refractivity contribution in [2.24, 2.45) is 7.05 Å². The van der Waals surface area contributed by atoms with Crippen LogP contribution < -0.4 is 0 Å². The van der Waals surface area contributed by atoms with Gasteiger partial charge in [-0.05, 0) is 44.7 Å². The lowest BCUT2D eigenvalue weighted by Gasteiger charge is -2.37. The molecule has 0 unspecified atom stereocenters. The fraction of sp³-hybridized carbons (Fsp3) is 0.583. The number of rotatable bonds is 4. The van der Waals surface area contributed by atoms with Gasteiger partial charge >= 0.3 is 0 Å². The van der Waals surface area contributed by atoms with E-state index < -0.39 is 0 Å². The first-order valence-corrected chi connectivity index (χ1v) is 11.1. The molecule has 29 heavy (non-hydrogen) atoms. The topological polar surface area (TPSA) is 41.4 Å². The standard InChI is InChI=1S/C24H34N4O/c1-18-21(16-26(3)25-18)17-27-13-9-5-8-12-23-24(27)15-22(28(23)19(2)29)14-20-10-6-4-7-11-20/h4,6-7,10-11,16,22-24H,5,8-9,12-15,17H2,1-3H3/t22-,23-,24+/m1/s1. The van der Waals surface area contributed by atoms with Crippen LogP contribution in [0.15, 0.2) is 36.5 Å². The highest BCUT2D eigenvalue weighted by atomic mass is 16.2. The fourth-order valence-electron chi connectivity index (χ4n) is 5.52. The average molecular weight is 395 g/mol. The van der Waals surface area contributed by atoms with Crippen molar-refractivity contribution in [3.8, 4) is 0 Å². The minimum atomic E-state index is 0.233. The third kappa shape index (κ3) is 4.40. The van der Waals surface area contributed by atoms with Crippen molar-refractivity contribution in [1.82, 2.24) is 19.6 Å². The van der Waals surface area contributed by atoms with Crippen LogP contribution in [0.2, 0.25) is 0 Å². The number of nitrogens with zero attached hydrogens (tertiary/aromatic N) is 4. The molecule has 156 valence electrons. The number of hydrogen-bond acceptors (Lipinski definition) is 3. The van der Waals surface area contributed by atoms with Gasteiger partial charge in [-0.2, -0.15) is 5.10 Å². The average Bonchev–Trinajstić information content (AvgIpc) is 3.18. The molecule has 2 fully saturated rings. The SMILES string of the molecule is CC(=O)N1[C@H](Cc2ccccc2)C[C@H]2[C@H]1CCCCCN2Cc1cn(C)nc1C. The van der Waals surface area contributed by atoms with Gasteiger partial charge in [-0.25, -0.2) is 0 Å². The van der Waals surface area contributed by atoms with Gasteiger partial charge < -0.3 is 4.90 Å². The number of aryl methyl sites for hydroxylation is 2. The maximum Gasteiger partial charge on any atom is 0.220 e. The summed E-state index contributed by atoms with van der Waals surface area (Å²) in [7, 11) is 2.00. The van der Waals surface area contributed by atoms with E-state index in [1.165, 1.54) is 30.4 Å². The predicted molar refractivity (Wildman–Crippen MR) is 115 cm³/mol. The smallest absolute Gasteiger partial charge is 0.220 e. The second kappa shape index (κ2) is 8.70. The van der Waals surface area contributed by atoms with E-state index in [0.29, 0.717) is 18.1 Å². The first-order chi connectivity index (χ1) is 14.0. The van der Waals surface area contributed by atoms with Crippen LogP contribution in [-0.2, 0) is 24.8 Å². The van der Waals surface area contributed by atoms with Gasteiger partial charge in [0.05, 0.1) is 5.69 Å². The van der Waals surface area contributed by atoms with Crippen molar-refractivity contribution < 1.29 is 4.79 Å². The van der Waals surface area contributed by atoms with Gasteiger partial charge in [-0.3, -0.25) is 14.4 Å². The van der Waals surface area contributed by atoms with Gasteiger partial charge in [0, 0.05) is 50.4 Å². The van der Waals surface area contributed by atoms with Gasteiger partial charge in [-0.15, -0.1) is 0 Å². The van der Waals surface area contributed by atoms with E-state index in [2.05, 4.69) is 58.4 Å². The molecule has 5 heteroatoms. The molecule has 2 aliphatic rings. The highest BCUT2D eigenvalue weighted by Crippen LogP contribution is 2.36. The monoisotopic (exact) mass is 394 g/mol. The van der Waals surface area contributed by atoms with E-state index >= 15 is 0 Å². The summed E-state index contributed by atoms with van der Waals surface area (Å²) >= 11 is 0. The van der Waals surface area contributed by atoms with Crippen molar-refractivity contribution in [3.63, 3.8) is 0 Å². The molecule has 0 N–H and O–H groups in total. The van der Waals surface area contributed by atoms with E-state index in [9.17, 15) is 4.79 Å². The number of aromatic nitrogens is 2. The first-order valence-electron chi connectivity index (χ1n) is 11.1. The number of fused-ring (bicyclic) bond motifs is 1. The zero-order valence-corrected chi connectivity index (χ0v) is 18.1. The van der Waals surface area contributed by atoms with Crippen LogP contribution in [-0.4, -0.2) is 50.2 Å². The minimum Gasteiger partial charge on any atom is -0.335 e. The predicted octanol–water partition coefficient (Wildman–Crippen LogP) is 3.71. The zero-order valence-electron chi connectivity index (χ0n) is 18.1. The maximum absolute atomic E-state index is 12.7. The third-order valence-corrected chi connectivity index (χ3v) is 6.79. The van der Waals surface area contributed by atoms with E-state index in [1.54, 1.807) is 6.92 Å². The third-order valence-electron chi connectivity index (χ3n) is 6.79. The Balaban J connectivity index is 1.60. The van der Waals surface area contributed by atoms with Crippen molar-refractivity contribution in [2.45, 2.75) is 77.0 Å². The van der Waals surface area contributed by atoms with Gasteiger partial charge in [-0.1, -0.05) is 43.2 Å². The van der Waals surface area contributed by atoms with Crippen LogP contribution in [0.1, 0.15) is 55.8 Å². The Morgan fingerprint density at radius 3 is 2.62 bits per heavy atom. The van der Waals surface area contributed by atoms with E-state index in [4.69, 9.17) is 0 Å². The molecule has 0 saturated carbocycles. The van der Waals surface area contributed by atoms with Gasteiger partial charge in [0.1, 0.15) is 0 Å². The number of carbonyl (C=O) groups is 1. The maximum atomic E-state index is 12.7. The molecular weight excluding hydrogens is 360 g/mol. The van der Waals surface area contributed by atoms with Crippen molar-refractivity contribution >= 4 is 5.91 Å². The number of likely N-dealkylation sites (tertiary alicyclic amines) is 2. The summed E-state index contributed by atoms with van der Waals surface area (Å²) in [5, 5.41) is 4.54. The quantitative estimate of drug-likeness (QED) is 0.794. The lowest BCUT2D eigenvalue weighted by Crippen LogP contribution is -2.48. The summed E-state index contributed by atoms with van der Waals surface area (Å²) in [5.41, 5.74) is 3.76. The van der Waals surface area contributed by atoms with E-state index in [1.807, 2.05) is 11.7 Å². The Bertz CT molecular complexity index is 831. The lowest BCUT2D eigenvalue weighted by molar-refractivity contribution is -0.132. The van der Waals surface area contributed by atoms with Crippen LogP contribution in [0.25, 0.3) is 0 Å². The summed E-state index contributed by atoms with van der Waals surface area (Å²) in [6, 6.07) is 11.7. The highest BCUT2D eigenvalue weighted by molar-refractivity contribution is 5.74. The van der Waals surface area contributed by atoms with Crippen molar-refractivity contribution in [1.29, 1.82) is 0 Å². The Hall–Kier alpha value is -2.14. The highest BCUT2D eigenvalue weighted by Gasteiger charge is 2.45. The van der Waals surface area contributed by atoms with Crippen LogP contribution >= 0.6 is 0 Å². The Labute approximate surface area is 174 Å². The van der Waals surface area contributed by atoms with Gasteiger partial charge in [0.15, 0.2) is 0 Å². The fourth-order valence-corrected chi connectivity index (χ4v) is 5.52.